The molecule has 0 aliphatic heterocycles. The van der Waals surface area contributed by atoms with Crippen molar-refractivity contribution >= 4 is 17.5 Å². The van der Waals surface area contributed by atoms with Gasteiger partial charge in [0.1, 0.15) is 5.15 Å². The Morgan fingerprint density at radius 2 is 1.95 bits per heavy atom. The van der Waals surface area contributed by atoms with Gasteiger partial charge in [-0.25, -0.2) is 4.98 Å². The lowest BCUT2D eigenvalue weighted by Gasteiger charge is -2.22. The molecule has 0 spiro atoms. The predicted octanol–water partition coefficient (Wildman–Crippen LogP) is 3.79. The molecule has 1 amide bonds. The average molecular weight is 289 g/mol. The normalized spacial score (nSPS) is 10.3. The number of pyridine rings is 1. The van der Waals surface area contributed by atoms with Gasteiger partial charge in [-0.05, 0) is 24.1 Å². The number of benzene rings is 1. The summed E-state index contributed by atoms with van der Waals surface area (Å²) < 4.78 is 0. The molecular weight excluding hydrogens is 272 g/mol. The van der Waals surface area contributed by atoms with E-state index in [1.165, 1.54) is 0 Å². The quantitative estimate of drug-likeness (QED) is 0.784. The number of carbonyl (C=O) groups is 1. The van der Waals surface area contributed by atoms with Crippen LogP contribution in [0, 0.1) is 0 Å². The fraction of sp³-hybridized carbons (Fsp3) is 0.250. The van der Waals surface area contributed by atoms with E-state index in [9.17, 15) is 4.79 Å². The van der Waals surface area contributed by atoms with Gasteiger partial charge in [-0.3, -0.25) is 4.79 Å². The molecule has 2 rings (SSSR count). The number of rotatable bonds is 5. The first-order valence-corrected chi connectivity index (χ1v) is 7.04. The fourth-order valence-electron chi connectivity index (χ4n) is 2.04. The smallest absolute Gasteiger partial charge is 0.257 e. The third-order valence-corrected chi connectivity index (χ3v) is 3.29. The van der Waals surface area contributed by atoms with Gasteiger partial charge in [0.05, 0.1) is 5.56 Å². The van der Waals surface area contributed by atoms with Crippen LogP contribution in [0.15, 0.2) is 48.7 Å². The van der Waals surface area contributed by atoms with E-state index in [0.717, 1.165) is 12.0 Å². The molecule has 0 aliphatic carbocycles. The molecule has 0 atom stereocenters. The summed E-state index contributed by atoms with van der Waals surface area (Å²) in [5.74, 6) is -0.0752. The number of nitrogens with zero attached hydrogens (tertiary/aromatic N) is 2. The van der Waals surface area contributed by atoms with Gasteiger partial charge in [-0.2, -0.15) is 0 Å². The second kappa shape index (κ2) is 7.06. The maximum absolute atomic E-state index is 12.6. The van der Waals surface area contributed by atoms with E-state index < -0.39 is 0 Å². The molecule has 104 valence electrons. The Kier molecular flexibility index (Phi) is 5.13. The van der Waals surface area contributed by atoms with Crippen molar-refractivity contribution in [3.8, 4) is 0 Å². The van der Waals surface area contributed by atoms with Crippen molar-refractivity contribution in [2.45, 2.75) is 19.9 Å². The number of hydrogen-bond acceptors (Lipinski definition) is 2. The van der Waals surface area contributed by atoms with Gasteiger partial charge < -0.3 is 4.90 Å². The Labute approximate surface area is 124 Å². The largest absolute Gasteiger partial charge is 0.334 e. The Hall–Kier alpha value is -1.87. The molecular formula is C16H17ClN2O. The van der Waals surface area contributed by atoms with Crippen LogP contribution in [0.5, 0.6) is 0 Å². The molecule has 4 heteroatoms. The molecule has 1 aromatic heterocycles. The summed E-state index contributed by atoms with van der Waals surface area (Å²) in [6.45, 7) is 3.33. The summed E-state index contributed by atoms with van der Waals surface area (Å²) in [6, 6.07) is 13.4. The van der Waals surface area contributed by atoms with Crippen LogP contribution in [-0.4, -0.2) is 22.3 Å². The van der Waals surface area contributed by atoms with Gasteiger partial charge in [-0.15, -0.1) is 0 Å². The molecule has 2 aromatic rings. The third kappa shape index (κ3) is 3.58. The molecule has 1 aromatic carbocycles. The van der Waals surface area contributed by atoms with E-state index in [-0.39, 0.29) is 11.1 Å². The molecule has 0 unspecified atom stereocenters. The first kappa shape index (κ1) is 14.5. The Morgan fingerprint density at radius 3 is 2.60 bits per heavy atom. The summed E-state index contributed by atoms with van der Waals surface area (Å²) in [5.41, 5.74) is 1.56. The van der Waals surface area contributed by atoms with Crippen LogP contribution in [0.1, 0.15) is 29.3 Å². The number of halogens is 1. The van der Waals surface area contributed by atoms with Crippen LogP contribution < -0.4 is 0 Å². The highest BCUT2D eigenvalue weighted by molar-refractivity contribution is 6.32. The average Bonchev–Trinajstić information content (AvgIpc) is 2.48. The Balaban J connectivity index is 2.20. The molecule has 0 saturated carbocycles. The van der Waals surface area contributed by atoms with Gasteiger partial charge in [0, 0.05) is 19.3 Å². The zero-order valence-corrected chi connectivity index (χ0v) is 12.2. The molecule has 0 bridgehead atoms. The van der Waals surface area contributed by atoms with E-state index in [1.807, 2.05) is 30.3 Å². The minimum Gasteiger partial charge on any atom is -0.334 e. The van der Waals surface area contributed by atoms with Crippen LogP contribution in [-0.2, 0) is 6.54 Å². The van der Waals surface area contributed by atoms with Crippen LogP contribution in [0.2, 0.25) is 5.15 Å². The monoisotopic (exact) mass is 288 g/mol. The second-order valence-electron chi connectivity index (χ2n) is 4.55. The lowest BCUT2D eigenvalue weighted by Crippen LogP contribution is -2.31. The van der Waals surface area contributed by atoms with E-state index in [2.05, 4.69) is 11.9 Å². The molecule has 1 heterocycles. The molecule has 0 aliphatic rings. The van der Waals surface area contributed by atoms with Crippen molar-refractivity contribution in [1.29, 1.82) is 0 Å². The van der Waals surface area contributed by atoms with Gasteiger partial charge >= 0.3 is 0 Å². The molecule has 20 heavy (non-hydrogen) atoms. The van der Waals surface area contributed by atoms with Crippen molar-refractivity contribution in [3.05, 3.63) is 64.9 Å². The zero-order valence-electron chi connectivity index (χ0n) is 11.4. The number of hydrogen-bond donors (Lipinski definition) is 0. The first-order chi connectivity index (χ1) is 9.72. The van der Waals surface area contributed by atoms with Crippen LogP contribution >= 0.6 is 11.6 Å². The highest BCUT2D eigenvalue weighted by atomic mass is 35.5. The van der Waals surface area contributed by atoms with Crippen LogP contribution in [0.4, 0.5) is 0 Å². The molecule has 0 radical (unpaired) electrons. The van der Waals surface area contributed by atoms with Crippen molar-refractivity contribution in [1.82, 2.24) is 9.88 Å². The first-order valence-electron chi connectivity index (χ1n) is 6.66. The minimum atomic E-state index is -0.0752. The SMILES string of the molecule is CCCN(Cc1ccccc1)C(=O)c1cccnc1Cl. The lowest BCUT2D eigenvalue weighted by molar-refractivity contribution is 0.0743. The van der Waals surface area contributed by atoms with Crippen molar-refractivity contribution < 1.29 is 4.79 Å². The van der Waals surface area contributed by atoms with Gasteiger partial charge in [0.2, 0.25) is 0 Å². The summed E-state index contributed by atoms with van der Waals surface area (Å²) >= 11 is 6.01. The Bertz CT molecular complexity index is 572. The summed E-state index contributed by atoms with van der Waals surface area (Å²) in [5, 5.41) is 0.256. The van der Waals surface area contributed by atoms with Gasteiger partial charge in [0.25, 0.3) is 5.91 Å². The highest BCUT2D eigenvalue weighted by Gasteiger charge is 2.18. The number of aromatic nitrogens is 1. The summed E-state index contributed by atoms with van der Waals surface area (Å²) in [6.07, 6.45) is 2.48. The maximum Gasteiger partial charge on any atom is 0.257 e. The zero-order chi connectivity index (χ0) is 14.4. The van der Waals surface area contributed by atoms with Gasteiger partial charge in [0.15, 0.2) is 0 Å². The van der Waals surface area contributed by atoms with Crippen LogP contribution in [0.25, 0.3) is 0 Å². The van der Waals surface area contributed by atoms with E-state index >= 15 is 0 Å². The summed E-state index contributed by atoms with van der Waals surface area (Å²) in [4.78, 5) is 18.3. The number of carbonyl (C=O) groups excluding carboxylic acids is 1. The van der Waals surface area contributed by atoms with Crippen molar-refractivity contribution in [3.63, 3.8) is 0 Å². The highest BCUT2D eigenvalue weighted by Crippen LogP contribution is 2.16. The maximum atomic E-state index is 12.6. The topological polar surface area (TPSA) is 33.2 Å². The van der Waals surface area contributed by atoms with E-state index in [1.54, 1.807) is 23.2 Å². The second-order valence-corrected chi connectivity index (χ2v) is 4.91. The van der Waals surface area contributed by atoms with Gasteiger partial charge in [-0.1, -0.05) is 48.9 Å². The molecule has 0 saturated heterocycles. The minimum absolute atomic E-state index is 0.0752. The van der Waals surface area contributed by atoms with Crippen LogP contribution in [0.3, 0.4) is 0 Å². The standard InChI is InChI=1S/C16H17ClN2O/c1-2-11-19(12-13-7-4-3-5-8-13)16(20)14-9-6-10-18-15(14)17/h3-10H,2,11-12H2,1H3. The Morgan fingerprint density at radius 1 is 1.20 bits per heavy atom. The molecule has 0 N–H and O–H groups in total. The van der Waals surface area contributed by atoms with E-state index in [0.29, 0.717) is 18.7 Å². The molecule has 3 nitrogen and oxygen atoms in total. The fourth-order valence-corrected chi connectivity index (χ4v) is 2.24. The number of amides is 1. The van der Waals surface area contributed by atoms with Crippen molar-refractivity contribution in [2.75, 3.05) is 6.54 Å². The van der Waals surface area contributed by atoms with Crippen molar-refractivity contribution in [2.24, 2.45) is 0 Å². The lowest BCUT2D eigenvalue weighted by atomic mass is 10.2. The predicted molar refractivity (Wildman–Crippen MR) is 80.7 cm³/mol. The van der Waals surface area contributed by atoms with E-state index in [4.69, 9.17) is 11.6 Å². The molecule has 0 fully saturated rings. The summed E-state index contributed by atoms with van der Waals surface area (Å²) in [7, 11) is 0. The third-order valence-electron chi connectivity index (χ3n) is 2.99.